The molecule has 1 amide bonds. The first-order valence-electron chi connectivity index (χ1n) is 8.76. The Hall–Kier alpha value is -2.96. The number of anilines is 2. The van der Waals surface area contributed by atoms with Crippen LogP contribution in [0.5, 0.6) is 0 Å². The number of nitrogens with one attached hydrogen (secondary N) is 1. The first-order valence-corrected chi connectivity index (χ1v) is 8.76. The average molecular weight is 354 g/mol. The fourth-order valence-electron chi connectivity index (χ4n) is 2.97. The van der Waals surface area contributed by atoms with E-state index in [1.807, 2.05) is 4.90 Å². The molecule has 1 aromatic carbocycles. The summed E-state index contributed by atoms with van der Waals surface area (Å²) >= 11 is 0. The van der Waals surface area contributed by atoms with Crippen LogP contribution >= 0.6 is 0 Å². The number of nitrogens with zero attached hydrogens (tertiary/aromatic N) is 3. The smallest absolute Gasteiger partial charge is 0.339 e. The number of hydrogen-bond donors (Lipinski definition) is 1. The number of carbonyl (C=O) groups excluding carboxylic acids is 2. The van der Waals surface area contributed by atoms with Gasteiger partial charge in [-0.25, -0.2) is 4.79 Å². The van der Waals surface area contributed by atoms with Crippen molar-refractivity contribution in [1.82, 2.24) is 15.1 Å². The highest BCUT2D eigenvalue weighted by Gasteiger charge is 2.19. The van der Waals surface area contributed by atoms with Gasteiger partial charge in [-0.3, -0.25) is 4.79 Å². The summed E-state index contributed by atoms with van der Waals surface area (Å²) in [5.41, 5.74) is 1.31. The predicted octanol–water partition coefficient (Wildman–Crippen LogP) is 3.02. The molecule has 136 valence electrons. The maximum Gasteiger partial charge on any atom is 0.339 e. The van der Waals surface area contributed by atoms with Crippen LogP contribution in [-0.4, -0.2) is 47.2 Å². The number of hydrogen-bond acceptors (Lipinski definition) is 6. The lowest BCUT2D eigenvalue weighted by atomic mass is 10.2. The fourth-order valence-corrected chi connectivity index (χ4v) is 2.97. The van der Waals surface area contributed by atoms with Gasteiger partial charge in [0.1, 0.15) is 0 Å². The van der Waals surface area contributed by atoms with Gasteiger partial charge in [-0.15, -0.1) is 10.2 Å². The van der Waals surface area contributed by atoms with Gasteiger partial charge in [0.15, 0.2) is 11.5 Å². The summed E-state index contributed by atoms with van der Waals surface area (Å²) in [7, 11) is 1.34. The third-order valence-electron chi connectivity index (χ3n) is 4.37. The molecule has 1 saturated heterocycles. The number of aromatic nitrogens is 2. The molecule has 3 rings (SSSR count). The molecule has 1 aliphatic heterocycles. The Morgan fingerprint density at radius 2 is 1.73 bits per heavy atom. The quantitative estimate of drug-likeness (QED) is 0.850. The van der Waals surface area contributed by atoms with Crippen molar-refractivity contribution in [1.29, 1.82) is 0 Å². The highest BCUT2D eigenvalue weighted by atomic mass is 16.5. The van der Waals surface area contributed by atoms with E-state index in [1.165, 1.54) is 7.11 Å². The van der Waals surface area contributed by atoms with Gasteiger partial charge in [-0.05, 0) is 37.1 Å². The minimum absolute atomic E-state index is 0.0825. The molecule has 2 heterocycles. The summed E-state index contributed by atoms with van der Waals surface area (Å²) in [5, 5.41) is 11.2. The number of ether oxygens (including phenoxy) is 1. The minimum Gasteiger partial charge on any atom is -0.465 e. The van der Waals surface area contributed by atoms with E-state index in [-0.39, 0.29) is 5.91 Å². The van der Waals surface area contributed by atoms with E-state index in [1.54, 1.807) is 36.4 Å². The van der Waals surface area contributed by atoms with Crippen LogP contribution < -0.4 is 5.32 Å². The first-order chi connectivity index (χ1) is 12.7. The number of esters is 1. The van der Waals surface area contributed by atoms with Crippen molar-refractivity contribution >= 4 is 23.4 Å². The molecule has 7 nitrogen and oxygen atoms in total. The van der Waals surface area contributed by atoms with E-state index in [0.29, 0.717) is 22.8 Å². The Balaban J connectivity index is 1.72. The van der Waals surface area contributed by atoms with Crippen molar-refractivity contribution in [2.45, 2.75) is 25.7 Å². The standard InChI is InChI=1S/C19H22N4O3/c1-26-19(25)14-8-4-5-9-15(14)20-17-11-10-16(21-22-17)18(24)23-12-6-2-3-7-13-23/h4-5,8-11H,2-3,6-7,12-13H2,1H3,(H,20,22). The normalized spacial score (nSPS) is 14.4. The summed E-state index contributed by atoms with van der Waals surface area (Å²) in [6.07, 6.45) is 4.39. The van der Waals surface area contributed by atoms with E-state index in [4.69, 9.17) is 4.74 Å². The van der Waals surface area contributed by atoms with Gasteiger partial charge in [0.05, 0.1) is 18.4 Å². The van der Waals surface area contributed by atoms with Crippen molar-refractivity contribution in [2.75, 3.05) is 25.5 Å². The zero-order valence-electron chi connectivity index (χ0n) is 14.8. The fraction of sp³-hybridized carbons (Fsp3) is 0.368. The van der Waals surface area contributed by atoms with Gasteiger partial charge in [0.25, 0.3) is 5.91 Å². The lowest BCUT2D eigenvalue weighted by Crippen LogP contribution is -2.32. The highest BCUT2D eigenvalue weighted by Crippen LogP contribution is 2.20. The number of carbonyl (C=O) groups is 2. The Morgan fingerprint density at radius 1 is 1.00 bits per heavy atom. The van der Waals surface area contributed by atoms with Crippen molar-refractivity contribution in [3.05, 3.63) is 47.7 Å². The van der Waals surface area contributed by atoms with E-state index in [9.17, 15) is 9.59 Å². The molecular weight excluding hydrogens is 332 g/mol. The maximum atomic E-state index is 12.5. The second-order valence-corrected chi connectivity index (χ2v) is 6.17. The minimum atomic E-state index is -0.436. The van der Waals surface area contributed by atoms with Gasteiger partial charge < -0.3 is 15.0 Å². The van der Waals surface area contributed by atoms with Crippen LogP contribution in [0.1, 0.15) is 46.5 Å². The zero-order chi connectivity index (χ0) is 18.4. The molecule has 1 N–H and O–H groups in total. The summed E-state index contributed by atoms with van der Waals surface area (Å²) in [5.74, 6) is -0.0660. The van der Waals surface area contributed by atoms with E-state index in [2.05, 4.69) is 15.5 Å². The van der Waals surface area contributed by atoms with Crippen LogP contribution in [0, 0.1) is 0 Å². The molecule has 0 bridgehead atoms. The first kappa shape index (κ1) is 17.8. The van der Waals surface area contributed by atoms with Gasteiger partial charge in [-0.2, -0.15) is 0 Å². The lowest BCUT2D eigenvalue weighted by molar-refractivity contribution is 0.0601. The van der Waals surface area contributed by atoms with Crippen LogP contribution in [0.25, 0.3) is 0 Å². The number of likely N-dealkylation sites (tertiary alicyclic amines) is 1. The summed E-state index contributed by atoms with van der Waals surface area (Å²) in [6.45, 7) is 1.54. The number of methoxy groups -OCH3 is 1. The van der Waals surface area contributed by atoms with Crippen LogP contribution in [0.3, 0.4) is 0 Å². The van der Waals surface area contributed by atoms with Crippen LogP contribution in [-0.2, 0) is 4.74 Å². The van der Waals surface area contributed by atoms with E-state index < -0.39 is 5.97 Å². The average Bonchev–Trinajstić information content (AvgIpc) is 2.97. The largest absolute Gasteiger partial charge is 0.465 e. The monoisotopic (exact) mass is 354 g/mol. The molecule has 1 aliphatic rings. The van der Waals surface area contributed by atoms with Gasteiger partial charge in [0.2, 0.25) is 0 Å². The molecule has 7 heteroatoms. The Bertz CT molecular complexity index is 769. The van der Waals surface area contributed by atoms with Crippen LogP contribution in [0.15, 0.2) is 36.4 Å². The summed E-state index contributed by atoms with van der Waals surface area (Å²) in [6, 6.07) is 10.3. The molecule has 0 saturated carbocycles. The second kappa shape index (κ2) is 8.42. The molecule has 26 heavy (non-hydrogen) atoms. The van der Waals surface area contributed by atoms with Crippen molar-refractivity contribution in [2.24, 2.45) is 0 Å². The van der Waals surface area contributed by atoms with E-state index >= 15 is 0 Å². The molecule has 0 spiro atoms. The third kappa shape index (κ3) is 4.17. The van der Waals surface area contributed by atoms with Crippen molar-refractivity contribution in [3.63, 3.8) is 0 Å². The molecule has 0 atom stereocenters. The van der Waals surface area contributed by atoms with Crippen molar-refractivity contribution in [3.8, 4) is 0 Å². The van der Waals surface area contributed by atoms with E-state index in [0.717, 1.165) is 38.8 Å². The molecule has 0 unspecified atom stereocenters. The van der Waals surface area contributed by atoms with Gasteiger partial charge in [-0.1, -0.05) is 25.0 Å². The predicted molar refractivity (Wildman–Crippen MR) is 97.5 cm³/mol. The molecule has 0 radical (unpaired) electrons. The topological polar surface area (TPSA) is 84.4 Å². The zero-order valence-corrected chi connectivity index (χ0v) is 14.8. The number of benzene rings is 1. The molecule has 1 fully saturated rings. The summed E-state index contributed by atoms with van der Waals surface area (Å²) in [4.78, 5) is 26.2. The Labute approximate surface area is 152 Å². The molecule has 0 aliphatic carbocycles. The highest BCUT2D eigenvalue weighted by molar-refractivity contribution is 5.96. The third-order valence-corrected chi connectivity index (χ3v) is 4.37. The summed E-state index contributed by atoms with van der Waals surface area (Å²) < 4.78 is 4.78. The van der Waals surface area contributed by atoms with Crippen molar-refractivity contribution < 1.29 is 14.3 Å². The number of para-hydroxylation sites is 1. The maximum absolute atomic E-state index is 12.5. The number of amides is 1. The van der Waals surface area contributed by atoms with Crippen LogP contribution in [0.4, 0.5) is 11.5 Å². The second-order valence-electron chi connectivity index (χ2n) is 6.17. The SMILES string of the molecule is COC(=O)c1ccccc1Nc1ccc(C(=O)N2CCCCCC2)nn1. The van der Waals surface area contributed by atoms with Crippen LogP contribution in [0.2, 0.25) is 0 Å². The molecule has 1 aromatic heterocycles. The Morgan fingerprint density at radius 3 is 2.38 bits per heavy atom. The van der Waals surface area contributed by atoms with Gasteiger partial charge in [0, 0.05) is 13.1 Å². The van der Waals surface area contributed by atoms with Gasteiger partial charge >= 0.3 is 5.97 Å². The number of rotatable bonds is 4. The molecule has 2 aromatic rings. The lowest BCUT2D eigenvalue weighted by Gasteiger charge is -2.19. The Kier molecular flexibility index (Phi) is 5.78. The molecular formula is C19H22N4O3.